The van der Waals surface area contributed by atoms with Crippen LogP contribution in [0.1, 0.15) is 11.6 Å². The zero-order chi connectivity index (χ0) is 15.0. The number of hydrogen-bond donors (Lipinski definition) is 1. The van der Waals surface area contributed by atoms with Crippen LogP contribution in [0.5, 0.6) is 0 Å². The second-order valence-corrected chi connectivity index (χ2v) is 6.56. The number of nitrogens with zero attached hydrogens (tertiary/aromatic N) is 2. The normalized spacial score (nSPS) is 18.0. The fourth-order valence-electron chi connectivity index (χ4n) is 2.42. The van der Waals surface area contributed by atoms with E-state index in [2.05, 4.69) is 36.9 Å². The largest absolute Gasteiger partial charge is 0.369 e. The first kappa shape index (κ1) is 14.5. The molecule has 3 rings (SSSR count). The number of rotatable bonds is 2. The Bertz CT molecular complexity index is 701. The quantitative estimate of drug-likeness (QED) is 0.801. The number of anilines is 1. The van der Waals surface area contributed by atoms with Gasteiger partial charge in [-0.25, -0.2) is 4.39 Å². The summed E-state index contributed by atoms with van der Waals surface area (Å²) in [6.07, 6.45) is 0. The Kier molecular flexibility index (Phi) is 3.99. The van der Waals surface area contributed by atoms with Gasteiger partial charge in [0.05, 0.1) is 12.6 Å². The van der Waals surface area contributed by atoms with Gasteiger partial charge in [0.25, 0.3) is 0 Å². The molecule has 2 aromatic carbocycles. The second kappa shape index (κ2) is 5.77. The van der Waals surface area contributed by atoms with E-state index in [1.54, 1.807) is 12.1 Å². The minimum atomic E-state index is -0.254. The molecule has 0 radical (unpaired) electrons. The van der Waals surface area contributed by atoms with Crippen LogP contribution >= 0.6 is 31.9 Å². The maximum absolute atomic E-state index is 14.2. The molecule has 0 spiro atoms. The van der Waals surface area contributed by atoms with E-state index < -0.39 is 0 Å². The first-order chi connectivity index (χ1) is 10.1. The zero-order valence-corrected chi connectivity index (χ0v) is 14.1. The summed E-state index contributed by atoms with van der Waals surface area (Å²) in [5.74, 6) is 0.150. The van der Waals surface area contributed by atoms with Crippen LogP contribution in [0.4, 0.5) is 10.1 Å². The summed E-state index contributed by atoms with van der Waals surface area (Å²) in [7, 11) is 0. The zero-order valence-electron chi connectivity index (χ0n) is 10.9. The van der Waals surface area contributed by atoms with Crippen LogP contribution in [-0.4, -0.2) is 12.5 Å². The lowest BCUT2D eigenvalue weighted by Crippen LogP contribution is -2.36. The first-order valence-corrected chi connectivity index (χ1v) is 7.94. The average molecular weight is 413 g/mol. The van der Waals surface area contributed by atoms with Gasteiger partial charge in [-0.05, 0) is 42.5 Å². The Morgan fingerprint density at radius 2 is 1.76 bits per heavy atom. The summed E-state index contributed by atoms with van der Waals surface area (Å²) >= 11 is 6.79. The highest BCUT2D eigenvalue weighted by atomic mass is 79.9. The van der Waals surface area contributed by atoms with Gasteiger partial charge in [-0.2, -0.15) is 0 Å². The predicted molar refractivity (Wildman–Crippen MR) is 90.0 cm³/mol. The third-order valence-corrected chi connectivity index (χ3v) is 4.43. The summed E-state index contributed by atoms with van der Waals surface area (Å²) in [5, 5.41) is 0. The molecule has 2 N–H and O–H groups in total. The van der Waals surface area contributed by atoms with Crippen molar-refractivity contribution >= 4 is 43.5 Å². The smallest absolute Gasteiger partial charge is 0.196 e. The van der Waals surface area contributed by atoms with Gasteiger partial charge in [-0.1, -0.05) is 31.9 Å². The van der Waals surface area contributed by atoms with Crippen molar-refractivity contribution in [2.45, 2.75) is 6.04 Å². The van der Waals surface area contributed by atoms with Crippen LogP contribution in [0.25, 0.3) is 0 Å². The number of nitrogens with two attached hydrogens (primary N) is 1. The fraction of sp³-hybridized carbons (Fsp3) is 0.133. The molecule has 108 valence electrons. The molecule has 0 aliphatic carbocycles. The topological polar surface area (TPSA) is 41.6 Å². The third kappa shape index (κ3) is 2.82. The monoisotopic (exact) mass is 411 g/mol. The summed E-state index contributed by atoms with van der Waals surface area (Å²) < 4.78 is 16.0. The van der Waals surface area contributed by atoms with E-state index in [9.17, 15) is 4.39 Å². The van der Waals surface area contributed by atoms with Crippen LogP contribution in [0.3, 0.4) is 0 Å². The molecule has 0 amide bonds. The third-order valence-electron chi connectivity index (χ3n) is 3.41. The SMILES string of the molecule is NC1=NCC(c2cc(Br)ccc2F)N1c1ccc(Br)cc1. The highest BCUT2D eigenvalue weighted by Gasteiger charge is 2.30. The number of aliphatic imine (C=N–C) groups is 1. The van der Waals surface area contributed by atoms with Crippen molar-refractivity contribution in [3.05, 3.63) is 62.8 Å². The van der Waals surface area contributed by atoms with Crippen molar-refractivity contribution in [2.24, 2.45) is 10.7 Å². The Hall–Kier alpha value is -1.40. The maximum atomic E-state index is 14.2. The number of halogens is 3. The Morgan fingerprint density at radius 1 is 1.10 bits per heavy atom. The summed E-state index contributed by atoms with van der Waals surface area (Å²) in [6, 6.07) is 12.4. The van der Waals surface area contributed by atoms with Gasteiger partial charge in [0, 0.05) is 20.2 Å². The molecule has 0 bridgehead atoms. The minimum Gasteiger partial charge on any atom is -0.369 e. The van der Waals surface area contributed by atoms with E-state index in [1.807, 2.05) is 29.2 Å². The Labute approximate surface area is 138 Å². The lowest BCUT2D eigenvalue weighted by molar-refractivity contribution is 0.589. The number of benzene rings is 2. The molecule has 0 aromatic heterocycles. The lowest BCUT2D eigenvalue weighted by Gasteiger charge is -2.27. The molecule has 1 atom stereocenters. The maximum Gasteiger partial charge on any atom is 0.196 e. The Balaban J connectivity index is 2.02. The fourth-order valence-corrected chi connectivity index (χ4v) is 3.06. The predicted octanol–water partition coefficient (Wildman–Crippen LogP) is 4.23. The lowest BCUT2D eigenvalue weighted by atomic mass is 10.0. The molecule has 2 aromatic rings. The molecule has 1 heterocycles. The molecule has 6 heteroatoms. The van der Waals surface area contributed by atoms with E-state index in [0.29, 0.717) is 18.1 Å². The van der Waals surface area contributed by atoms with Crippen LogP contribution in [0, 0.1) is 5.82 Å². The van der Waals surface area contributed by atoms with Gasteiger partial charge < -0.3 is 10.6 Å². The van der Waals surface area contributed by atoms with Crippen molar-refractivity contribution in [2.75, 3.05) is 11.4 Å². The van der Waals surface area contributed by atoms with E-state index in [-0.39, 0.29) is 11.9 Å². The van der Waals surface area contributed by atoms with Crippen molar-refractivity contribution in [1.29, 1.82) is 0 Å². The summed E-state index contributed by atoms with van der Waals surface area (Å²) in [4.78, 5) is 6.13. The molecule has 1 unspecified atom stereocenters. The minimum absolute atomic E-state index is 0.233. The van der Waals surface area contributed by atoms with Gasteiger partial charge in [0.15, 0.2) is 5.96 Å². The van der Waals surface area contributed by atoms with Gasteiger partial charge >= 0.3 is 0 Å². The van der Waals surface area contributed by atoms with Crippen molar-refractivity contribution in [1.82, 2.24) is 0 Å². The van der Waals surface area contributed by atoms with Crippen LogP contribution in [-0.2, 0) is 0 Å². The van der Waals surface area contributed by atoms with Crippen molar-refractivity contribution in [3.8, 4) is 0 Å². The highest BCUT2D eigenvalue weighted by molar-refractivity contribution is 9.10. The number of hydrogen-bond acceptors (Lipinski definition) is 3. The summed E-state index contributed by atoms with van der Waals surface area (Å²) in [6.45, 7) is 0.440. The van der Waals surface area contributed by atoms with Crippen LogP contribution < -0.4 is 10.6 Å². The molecule has 1 aliphatic rings. The van der Waals surface area contributed by atoms with E-state index in [0.717, 1.165) is 14.6 Å². The van der Waals surface area contributed by atoms with Gasteiger partial charge in [-0.3, -0.25) is 4.99 Å². The summed E-state index contributed by atoms with van der Waals surface area (Å²) in [5.41, 5.74) is 7.47. The molecule has 21 heavy (non-hydrogen) atoms. The highest BCUT2D eigenvalue weighted by Crippen LogP contribution is 2.34. The first-order valence-electron chi connectivity index (χ1n) is 6.36. The number of guanidine groups is 1. The average Bonchev–Trinajstić information content (AvgIpc) is 2.84. The molecule has 3 nitrogen and oxygen atoms in total. The Morgan fingerprint density at radius 3 is 2.48 bits per heavy atom. The van der Waals surface area contributed by atoms with Gasteiger partial charge in [0.2, 0.25) is 0 Å². The molecule has 1 aliphatic heterocycles. The standard InChI is InChI=1S/C15H12Br2FN3/c16-9-1-4-11(5-2-9)21-14(8-20-15(21)19)12-7-10(17)3-6-13(12)18/h1-7,14H,8H2,(H2,19,20). The van der Waals surface area contributed by atoms with Crippen LogP contribution in [0.2, 0.25) is 0 Å². The van der Waals surface area contributed by atoms with E-state index >= 15 is 0 Å². The second-order valence-electron chi connectivity index (χ2n) is 4.73. The van der Waals surface area contributed by atoms with Crippen LogP contribution in [0.15, 0.2) is 56.4 Å². The molecular weight excluding hydrogens is 401 g/mol. The molecule has 0 saturated carbocycles. The van der Waals surface area contributed by atoms with E-state index in [4.69, 9.17) is 5.73 Å². The van der Waals surface area contributed by atoms with Gasteiger partial charge in [0.1, 0.15) is 5.82 Å². The van der Waals surface area contributed by atoms with Gasteiger partial charge in [-0.15, -0.1) is 0 Å². The molecular formula is C15H12Br2FN3. The van der Waals surface area contributed by atoms with E-state index in [1.165, 1.54) is 6.07 Å². The molecule has 0 saturated heterocycles. The molecule has 0 fully saturated rings. The van der Waals surface area contributed by atoms with Crippen molar-refractivity contribution < 1.29 is 4.39 Å². The van der Waals surface area contributed by atoms with Crippen molar-refractivity contribution in [3.63, 3.8) is 0 Å².